The number of carbonyl (C=O) groups excluding carboxylic acids is 2. The largest absolute Gasteiger partial charge is 0.508 e. The molecule has 8 heteroatoms. The Morgan fingerprint density at radius 3 is 2.48 bits per heavy atom. The summed E-state index contributed by atoms with van der Waals surface area (Å²) in [6.07, 6.45) is 1.37. The predicted molar refractivity (Wildman–Crippen MR) is 109 cm³/mol. The van der Waals surface area contributed by atoms with Crippen molar-refractivity contribution in [2.45, 2.75) is 25.2 Å². The van der Waals surface area contributed by atoms with E-state index in [1.54, 1.807) is 0 Å². The number of nitrogens with zero attached hydrogens (tertiary/aromatic N) is 2. The number of ketones is 1. The lowest BCUT2D eigenvalue weighted by Crippen LogP contribution is -2.48. The number of aromatic hydroxyl groups is 1. The predicted octanol–water partition coefficient (Wildman–Crippen LogP) is 2.98. The van der Waals surface area contributed by atoms with E-state index in [4.69, 9.17) is 5.73 Å². The molecule has 0 radical (unpaired) electrons. The third-order valence-corrected chi connectivity index (χ3v) is 5.46. The third-order valence-electron chi connectivity index (χ3n) is 5.46. The number of phenols is 1. The van der Waals surface area contributed by atoms with Gasteiger partial charge in [0.15, 0.2) is 5.78 Å². The van der Waals surface area contributed by atoms with E-state index in [0.29, 0.717) is 36.1 Å². The first-order valence-corrected chi connectivity index (χ1v) is 9.72. The number of nitrogens with two attached hydrogens (primary N) is 1. The van der Waals surface area contributed by atoms with Crippen molar-refractivity contribution in [2.75, 3.05) is 0 Å². The van der Waals surface area contributed by atoms with Gasteiger partial charge < -0.3 is 10.8 Å². The van der Waals surface area contributed by atoms with E-state index in [2.05, 4.69) is 11.5 Å². The zero-order valence-electron chi connectivity index (χ0n) is 16.4. The molecule has 31 heavy (non-hydrogen) atoms. The van der Waals surface area contributed by atoms with E-state index in [9.17, 15) is 24.3 Å². The molecule has 156 valence electrons. The van der Waals surface area contributed by atoms with Crippen LogP contribution in [0.1, 0.15) is 41.1 Å². The molecule has 0 aromatic heterocycles. The van der Waals surface area contributed by atoms with Crippen molar-refractivity contribution in [3.63, 3.8) is 0 Å². The highest BCUT2D eigenvalue weighted by Gasteiger charge is 2.40. The molecule has 1 aliphatic carbocycles. The fourth-order valence-electron chi connectivity index (χ4n) is 3.98. The summed E-state index contributed by atoms with van der Waals surface area (Å²) in [6, 6.07) is 13.3. The maximum absolute atomic E-state index is 13.5. The number of allylic oxidation sites excluding steroid dienone is 3. The molecule has 1 heterocycles. The minimum absolute atomic E-state index is 0.0115. The van der Waals surface area contributed by atoms with Crippen molar-refractivity contribution < 1.29 is 19.1 Å². The quantitative estimate of drug-likeness (QED) is 0.705. The van der Waals surface area contributed by atoms with Crippen LogP contribution >= 0.6 is 0 Å². The molecule has 4 rings (SSSR count). The molecule has 0 fully saturated rings. The first kappa shape index (κ1) is 20.2. The highest BCUT2D eigenvalue weighted by Crippen LogP contribution is 2.44. The number of phenolic OH excluding ortho intramolecular Hbond substituents is 1. The second-order valence-corrected chi connectivity index (χ2v) is 7.36. The van der Waals surface area contributed by atoms with Crippen molar-refractivity contribution >= 4 is 11.7 Å². The van der Waals surface area contributed by atoms with Gasteiger partial charge in [-0.1, -0.05) is 12.1 Å². The SMILES string of the molecule is N#CC1=C(N)N(NC(=O)c2ccc(O)cc2)C2=C(C(=O)CCC2)C1c1ccc(F)cc1. The fourth-order valence-corrected chi connectivity index (χ4v) is 3.98. The van der Waals surface area contributed by atoms with E-state index in [0.717, 1.165) is 0 Å². The van der Waals surface area contributed by atoms with Crippen molar-refractivity contribution in [3.8, 4) is 11.8 Å². The smallest absolute Gasteiger partial charge is 0.270 e. The number of hydrazine groups is 1. The second-order valence-electron chi connectivity index (χ2n) is 7.36. The number of carbonyl (C=O) groups is 2. The molecule has 0 saturated heterocycles. The van der Waals surface area contributed by atoms with Crippen LogP contribution in [-0.4, -0.2) is 21.8 Å². The van der Waals surface area contributed by atoms with Gasteiger partial charge in [0, 0.05) is 23.3 Å². The molecule has 1 unspecified atom stereocenters. The van der Waals surface area contributed by atoms with E-state index >= 15 is 0 Å². The van der Waals surface area contributed by atoms with Gasteiger partial charge in [0.1, 0.15) is 17.4 Å². The Hall–Kier alpha value is -4.12. The molecular weight excluding hydrogens is 399 g/mol. The Labute approximate surface area is 177 Å². The van der Waals surface area contributed by atoms with Crippen molar-refractivity contribution in [3.05, 3.63) is 88.1 Å². The number of halogens is 1. The standard InChI is InChI=1S/C23H19FN4O3/c24-15-8-4-13(5-9-15)20-17(12-25)22(26)28(18-2-1-3-19(30)21(18)20)27-23(31)14-6-10-16(29)11-7-14/h4-11,20,29H,1-3,26H2,(H,27,31). The van der Waals surface area contributed by atoms with Gasteiger partial charge in [-0.3, -0.25) is 15.0 Å². The highest BCUT2D eigenvalue weighted by molar-refractivity contribution is 6.00. The zero-order chi connectivity index (χ0) is 22.1. The Balaban J connectivity index is 1.79. The van der Waals surface area contributed by atoms with E-state index in [1.807, 2.05) is 0 Å². The van der Waals surface area contributed by atoms with Crippen LogP contribution in [0.5, 0.6) is 5.75 Å². The van der Waals surface area contributed by atoms with Crippen LogP contribution in [0.15, 0.2) is 71.2 Å². The molecule has 0 saturated carbocycles. The van der Waals surface area contributed by atoms with Gasteiger partial charge in [0.2, 0.25) is 0 Å². The van der Waals surface area contributed by atoms with E-state index < -0.39 is 17.6 Å². The molecule has 1 amide bonds. The van der Waals surface area contributed by atoms with Gasteiger partial charge in [-0.05, 0) is 54.8 Å². The topological polar surface area (TPSA) is 119 Å². The molecule has 0 bridgehead atoms. The maximum Gasteiger partial charge on any atom is 0.270 e. The molecule has 1 atom stereocenters. The minimum Gasteiger partial charge on any atom is -0.508 e. The maximum atomic E-state index is 13.5. The molecule has 7 nitrogen and oxygen atoms in total. The molecule has 0 spiro atoms. The van der Waals surface area contributed by atoms with Crippen LogP contribution in [0.3, 0.4) is 0 Å². The highest BCUT2D eigenvalue weighted by atomic mass is 19.1. The second kappa shape index (κ2) is 7.95. The Kier molecular flexibility index (Phi) is 5.17. The van der Waals surface area contributed by atoms with Gasteiger partial charge in [0.05, 0.1) is 17.6 Å². The summed E-state index contributed by atoms with van der Waals surface area (Å²) in [5, 5.41) is 20.6. The number of hydrogen-bond donors (Lipinski definition) is 3. The van der Waals surface area contributed by atoms with Gasteiger partial charge in [0.25, 0.3) is 5.91 Å². The number of amides is 1. The summed E-state index contributed by atoms with van der Waals surface area (Å²) in [5.41, 5.74) is 10.8. The summed E-state index contributed by atoms with van der Waals surface area (Å²) < 4.78 is 13.5. The number of Topliss-reactive ketones (excluding diaryl/α,β-unsaturated/α-hetero) is 1. The van der Waals surface area contributed by atoms with Crippen LogP contribution < -0.4 is 11.2 Å². The Morgan fingerprint density at radius 1 is 1.16 bits per heavy atom. The number of nitriles is 1. The summed E-state index contributed by atoms with van der Waals surface area (Å²) in [7, 11) is 0. The lowest BCUT2D eigenvalue weighted by Gasteiger charge is -2.39. The number of nitrogens with one attached hydrogen (secondary N) is 1. The van der Waals surface area contributed by atoms with Gasteiger partial charge in [-0.15, -0.1) is 0 Å². The number of rotatable bonds is 3. The monoisotopic (exact) mass is 418 g/mol. The fraction of sp³-hybridized carbons (Fsp3) is 0.174. The van der Waals surface area contributed by atoms with Crippen LogP contribution in [0.4, 0.5) is 4.39 Å². The molecular formula is C23H19FN4O3. The molecule has 1 aliphatic heterocycles. The Morgan fingerprint density at radius 2 is 1.84 bits per heavy atom. The minimum atomic E-state index is -0.727. The van der Waals surface area contributed by atoms with Crippen LogP contribution in [0.2, 0.25) is 0 Å². The van der Waals surface area contributed by atoms with Gasteiger partial charge >= 0.3 is 0 Å². The van der Waals surface area contributed by atoms with E-state index in [1.165, 1.54) is 53.5 Å². The summed E-state index contributed by atoms with van der Waals surface area (Å²) in [6.45, 7) is 0. The number of benzene rings is 2. The molecule has 2 aliphatic rings. The molecule has 4 N–H and O–H groups in total. The molecule has 2 aromatic carbocycles. The zero-order valence-corrected chi connectivity index (χ0v) is 16.4. The summed E-state index contributed by atoms with van der Waals surface area (Å²) in [4.78, 5) is 25.7. The lowest BCUT2D eigenvalue weighted by atomic mass is 9.76. The van der Waals surface area contributed by atoms with Gasteiger partial charge in [-0.2, -0.15) is 5.26 Å². The average Bonchev–Trinajstić information content (AvgIpc) is 2.76. The first-order valence-electron chi connectivity index (χ1n) is 9.72. The molecule has 2 aromatic rings. The number of hydrogen-bond acceptors (Lipinski definition) is 6. The average molecular weight is 418 g/mol. The summed E-state index contributed by atoms with van der Waals surface area (Å²) >= 11 is 0. The van der Waals surface area contributed by atoms with E-state index in [-0.39, 0.29) is 28.5 Å². The normalized spacial score (nSPS) is 18.5. The van der Waals surface area contributed by atoms with Crippen molar-refractivity contribution in [1.29, 1.82) is 5.26 Å². The lowest BCUT2D eigenvalue weighted by molar-refractivity contribution is -0.116. The van der Waals surface area contributed by atoms with Crippen LogP contribution in [0, 0.1) is 17.1 Å². The van der Waals surface area contributed by atoms with Crippen molar-refractivity contribution in [1.82, 2.24) is 10.4 Å². The van der Waals surface area contributed by atoms with Crippen LogP contribution in [0.25, 0.3) is 0 Å². The summed E-state index contributed by atoms with van der Waals surface area (Å²) in [5.74, 6) is -1.77. The third kappa shape index (κ3) is 3.62. The first-order chi connectivity index (χ1) is 14.9. The van der Waals surface area contributed by atoms with Crippen molar-refractivity contribution in [2.24, 2.45) is 5.73 Å². The van der Waals surface area contributed by atoms with Crippen LogP contribution in [-0.2, 0) is 4.79 Å². The van der Waals surface area contributed by atoms with Gasteiger partial charge in [-0.25, -0.2) is 9.40 Å². The Bertz CT molecular complexity index is 1160.